The molecule has 2 rings (SSSR count). The molecule has 25 heavy (non-hydrogen) atoms. The molecule has 0 radical (unpaired) electrons. The average Bonchev–Trinajstić information content (AvgIpc) is 2.62. The van der Waals surface area contributed by atoms with E-state index in [-0.39, 0.29) is 17.7 Å². The van der Waals surface area contributed by atoms with Gasteiger partial charge in [-0.1, -0.05) is 19.3 Å². The van der Waals surface area contributed by atoms with E-state index in [4.69, 9.17) is 5.73 Å². The summed E-state index contributed by atoms with van der Waals surface area (Å²) in [6.07, 6.45) is 8.16. The van der Waals surface area contributed by atoms with Crippen molar-refractivity contribution in [3.63, 3.8) is 0 Å². The second kappa shape index (κ2) is 10.3. The van der Waals surface area contributed by atoms with Crippen molar-refractivity contribution in [2.45, 2.75) is 51.4 Å². The van der Waals surface area contributed by atoms with Crippen molar-refractivity contribution in [3.8, 4) is 0 Å². The number of rotatable bonds is 6. The largest absolute Gasteiger partial charge is 0.370 e. The minimum atomic E-state index is -0.236. The first-order chi connectivity index (χ1) is 12.1. The molecule has 0 aromatic heterocycles. The van der Waals surface area contributed by atoms with E-state index >= 15 is 0 Å². The van der Waals surface area contributed by atoms with Crippen molar-refractivity contribution in [1.82, 2.24) is 15.5 Å². The van der Waals surface area contributed by atoms with Crippen LogP contribution in [-0.2, 0) is 9.59 Å². The number of carbonyl (C=O) groups is 2. The number of hydrogen-bond acceptors (Lipinski definition) is 3. The van der Waals surface area contributed by atoms with Crippen LogP contribution in [0.2, 0.25) is 0 Å². The van der Waals surface area contributed by atoms with Crippen molar-refractivity contribution in [3.05, 3.63) is 0 Å². The van der Waals surface area contributed by atoms with Crippen molar-refractivity contribution >= 4 is 17.8 Å². The lowest BCUT2D eigenvalue weighted by atomic mass is 9.89. The summed E-state index contributed by atoms with van der Waals surface area (Å²) in [5.41, 5.74) is 5.32. The number of guanidine groups is 1. The van der Waals surface area contributed by atoms with Gasteiger partial charge in [-0.15, -0.1) is 0 Å². The van der Waals surface area contributed by atoms with E-state index in [2.05, 4.69) is 20.5 Å². The molecule has 7 nitrogen and oxygen atoms in total. The van der Waals surface area contributed by atoms with Crippen LogP contribution >= 0.6 is 0 Å². The Kier molecular flexibility index (Phi) is 8.01. The monoisotopic (exact) mass is 351 g/mol. The molecule has 0 spiro atoms. The third-order valence-corrected chi connectivity index (χ3v) is 5.20. The summed E-state index contributed by atoms with van der Waals surface area (Å²) in [4.78, 5) is 29.8. The number of aliphatic imine (C=N–C) groups is 1. The van der Waals surface area contributed by atoms with Crippen LogP contribution in [-0.4, -0.2) is 55.9 Å². The standard InChI is InChI=1S/C18H33N5O2/c1-20-18(23-11-5-6-14(13-23)12-16(19)24)22-10-9-21-17(25)15-7-3-2-4-8-15/h14-15H,2-13H2,1H3,(H2,19,24)(H,20,22)(H,21,25). The Morgan fingerprint density at radius 1 is 1.08 bits per heavy atom. The van der Waals surface area contributed by atoms with Crippen molar-refractivity contribution < 1.29 is 9.59 Å². The number of hydrogen-bond donors (Lipinski definition) is 3. The van der Waals surface area contributed by atoms with E-state index in [1.165, 1.54) is 19.3 Å². The zero-order valence-electron chi connectivity index (χ0n) is 15.4. The Bertz CT molecular complexity index is 474. The SMILES string of the molecule is CN=C(NCCNC(=O)C1CCCCC1)N1CCCC(CC(N)=O)C1. The van der Waals surface area contributed by atoms with Gasteiger partial charge in [-0.2, -0.15) is 0 Å². The lowest BCUT2D eigenvalue weighted by Gasteiger charge is -2.34. The molecule has 2 amide bonds. The van der Waals surface area contributed by atoms with Gasteiger partial charge in [-0.3, -0.25) is 14.6 Å². The first-order valence-corrected chi connectivity index (χ1v) is 9.61. The number of primary amides is 1. The highest BCUT2D eigenvalue weighted by molar-refractivity contribution is 5.81. The van der Waals surface area contributed by atoms with Crippen molar-refractivity contribution in [2.75, 3.05) is 33.2 Å². The van der Waals surface area contributed by atoms with E-state index in [9.17, 15) is 9.59 Å². The van der Waals surface area contributed by atoms with Gasteiger partial charge < -0.3 is 21.3 Å². The molecule has 1 aliphatic carbocycles. The molecule has 0 aromatic rings. The molecule has 0 aromatic carbocycles. The predicted molar refractivity (Wildman–Crippen MR) is 99.1 cm³/mol. The topological polar surface area (TPSA) is 99.8 Å². The zero-order chi connectivity index (χ0) is 18.1. The van der Waals surface area contributed by atoms with Gasteiger partial charge >= 0.3 is 0 Å². The molecular formula is C18H33N5O2. The molecule has 0 bridgehead atoms. The maximum Gasteiger partial charge on any atom is 0.223 e. The van der Waals surface area contributed by atoms with E-state index in [1.807, 2.05) is 0 Å². The van der Waals surface area contributed by atoms with E-state index in [0.717, 1.165) is 44.7 Å². The van der Waals surface area contributed by atoms with E-state index in [0.29, 0.717) is 25.4 Å². The zero-order valence-corrected chi connectivity index (χ0v) is 15.4. The normalized spacial score (nSPS) is 22.5. The summed E-state index contributed by atoms with van der Waals surface area (Å²) in [6, 6.07) is 0. The van der Waals surface area contributed by atoms with E-state index < -0.39 is 0 Å². The Balaban J connectivity index is 1.69. The van der Waals surface area contributed by atoms with Gasteiger partial charge in [0.1, 0.15) is 0 Å². The number of nitrogens with zero attached hydrogens (tertiary/aromatic N) is 2. The molecule has 2 aliphatic rings. The maximum absolute atomic E-state index is 12.1. The molecule has 1 aliphatic heterocycles. The molecule has 2 fully saturated rings. The third-order valence-electron chi connectivity index (χ3n) is 5.20. The van der Waals surface area contributed by atoms with Crippen LogP contribution < -0.4 is 16.4 Å². The van der Waals surface area contributed by atoms with Gasteiger partial charge in [-0.05, 0) is 31.6 Å². The van der Waals surface area contributed by atoms with Crippen molar-refractivity contribution in [2.24, 2.45) is 22.6 Å². The molecular weight excluding hydrogens is 318 g/mol. The fourth-order valence-electron chi connectivity index (χ4n) is 3.91. The molecule has 1 unspecified atom stereocenters. The number of piperidine rings is 1. The molecule has 142 valence electrons. The van der Waals surface area contributed by atoms with E-state index in [1.54, 1.807) is 7.05 Å². The first kappa shape index (κ1) is 19.5. The summed E-state index contributed by atoms with van der Waals surface area (Å²) in [5, 5.41) is 6.35. The van der Waals surface area contributed by atoms with Crippen LogP contribution in [0.25, 0.3) is 0 Å². The number of likely N-dealkylation sites (tertiary alicyclic amines) is 1. The number of amides is 2. The predicted octanol–water partition coefficient (Wildman–Crippen LogP) is 0.846. The minimum absolute atomic E-state index is 0.191. The van der Waals surface area contributed by atoms with Crippen molar-refractivity contribution in [1.29, 1.82) is 0 Å². The number of nitrogens with two attached hydrogens (primary N) is 1. The highest BCUT2D eigenvalue weighted by Crippen LogP contribution is 2.23. The minimum Gasteiger partial charge on any atom is -0.370 e. The van der Waals surface area contributed by atoms with Gasteiger partial charge in [0.25, 0.3) is 0 Å². The highest BCUT2D eigenvalue weighted by atomic mass is 16.2. The summed E-state index contributed by atoms with van der Waals surface area (Å²) in [5.74, 6) is 1.29. The second-order valence-corrected chi connectivity index (χ2v) is 7.22. The molecule has 1 saturated carbocycles. The van der Waals surface area contributed by atoms with Crippen LogP contribution in [0.1, 0.15) is 51.4 Å². The summed E-state index contributed by atoms with van der Waals surface area (Å²) in [7, 11) is 1.76. The van der Waals surface area contributed by atoms with Gasteiger partial charge in [0.05, 0.1) is 0 Å². The first-order valence-electron chi connectivity index (χ1n) is 9.61. The number of nitrogens with one attached hydrogen (secondary N) is 2. The van der Waals surface area contributed by atoms with Gasteiger partial charge in [0, 0.05) is 45.6 Å². The average molecular weight is 351 g/mol. The Hall–Kier alpha value is -1.79. The second-order valence-electron chi connectivity index (χ2n) is 7.22. The van der Waals surface area contributed by atoms with Crippen LogP contribution in [0, 0.1) is 11.8 Å². The van der Waals surface area contributed by atoms with Gasteiger partial charge in [0.2, 0.25) is 11.8 Å². The van der Waals surface area contributed by atoms with Gasteiger partial charge in [-0.25, -0.2) is 0 Å². The molecule has 1 atom stereocenters. The smallest absolute Gasteiger partial charge is 0.223 e. The Morgan fingerprint density at radius 3 is 2.48 bits per heavy atom. The fourth-order valence-corrected chi connectivity index (χ4v) is 3.91. The Labute approximate surface area is 150 Å². The van der Waals surface area contributed by atoms with Crippen LogP contribution in [0.4, 0.5) is 0 Å². The Morgan fingerprint density at radius 2 is 1.80 bits per heavy atom. The number of carbonyl (C=O) groups excluding carboxylic acids is 2. The quantitative estimate of drug-likeness (QED) is 0.375. The summed E-state index contributed by atoms with van der Waals surface area (Å²) in [6.45, 7) is 3.00. The van der Waals surface area contributed by atoms with Gasteiger partial charge in [0.15, 0.2) is 5.96 Å². The lowest BCUT2D eigenvalue weighted by Crippen LogP contribution is -2.48. The maximum atomic E-state index is 12.1. The fraction of sp³-hybridized carbons (Fsp3) is 0.833. The van der Waals surface area contributed by atoms with Crippen LogP contribution in [0.15, 0.2) is 4.99 Å². The highest BCUT2D eigenvalue weighted by Gasteiger charge is 2.24. The summed E-state index contributed by atoms with van der Waals surface area (Å²) < 4.78 is 0. The molecule has 1 saturated heterocycles. The molecule has 7 heteroatoms. The van der Waals surface area contributed by atoms with Crippen LogP contribution in [0.5, 0.6) is 0 Å². The lowest BCUT2D eigenvalue weighted by molar-refractivity contribution is -0.125. The molecule has 4 N–H and O–H groups in total. The third kappa shape index (κ3) is 6.55. The van der Waals surface area contributed by atoms with Crippen LogP contribution in [0.3, 0.4) is 0 Å². The summed E-state index contributed by atoms with van der Waals surface area (Å²) >= 11 is 0. The molecule has 1 heterocycles.